The molecule has 3 atom stereocenters. The summed E-state index contributed by atoms with van der Waals surface area (Å²) in [4.78, 5) is 3.81. The molecule has 1 saturated heterocycles. The van der Waals surface area contributed by atoms with Crippen LogP contribution in [0, 0.1) is 12.7 Å². The van der Waals surface area contributed by atoms with Gasteiger partial charge >= 0.3 is 0 Å². The van der Waals surface area contributed by atoms with Gasteiger partial charge in [-0.25, -0.2) is 8.70 Å². The molecule has 0 aromatic heterocycles. The topological polar surface area (TPSA) is 41.7 Å². The highest BCUT2D eigenvalue weighted by Gasteiger charge is 2.38. The Kier molecular flexibility index (Phi) is 6.65. The summed E-state index contributed by atoms with van der Waals surface area (Å²) in [6, 6.07) is 14.2. The molecular formula is C27H34FN3OS. The number of hydrogen-bond donors (Lipinski definition) is 1. The Morgan fingerprint density at radius 3 is 2.36 bits per heavy atom. The van der Waals surface area contributed by atoms with Crippen LogP contribution in [-0.2, 0) is 4.74 Å². The van der Waals surface area contributed by atoms with Crippen LogP contribution in [0.2, 0.25) is 0 Å². The zero-order valence-electron chi connectivity index (χ0n) is 19.8. The molecule has 4 nitrogen and oxygen atoms in total. The van der Waals surface area contributed by atoms with Crippen molar-refractivity contribution in [3.63, 3.8) is 0 Å². The van der Waals surface area contributed by atoms with Crippen LogP contribution in [0.1, 0.15) is 49.0 Å². The molecule has 0 aliphatic carbocycles. The summed E-state index contributed by atoms with van der Waals surface area (Å²) in [5.74, 6) is 0.341. The summed E-state index contributed by atoms with van der Waals surface area (Å²) < 4.78 is 23.0. The molecule has 0 saturated carbocycles. The number of hydrogen-bond acceptors (Lipinski definition) is 5. The molecule has 5 rings (SSSR count). The standard InChI is InChI=1S/C27H34FN3OS/c1-17(2)19-5-7-23(8-6-19)33-31-14-20-12-30(13-21(20)15-31)22-11-26(29)27(32-16-22)24-10-18(3)4-9-25(24)28/h4-10,17,22,26-27H,11-16,29H2,1-3H3/t22?,26?,27-/m1/s1. The van der Waals surface area contributed by atoms with Gasteiger partial charge in [-0.15, -0.1) is 0 Å². The van der Waals surface area contributed by atoms with Gasteiger partial charge in [-0.05, 0) is 66.1 Å². The van der Waals surface area contributed by atoms with Crippen molar-refractivity contribution in [1.82, 2.24) is 9.21 Å². The summed E-state index contributed by atoms with van der Waals surface area (Å²) in [7, 11) is 0. The summed E-state index contributed by atoms with van der Waals surface area (Å²) >= 11 is 1.86. The van der Waals surface area contributed by atoms with Crippen molar-refractivity contribution in [3.05, 3.63) is 76.1 Å². The van der Waals surface area contributed by atoms with Crippen molar-refractivity contribution in [2.75, 3.05) is 32.8 Å². The quantitative estimate of drug-likeness (QED) is 0.492. The first-order valence-electron chi connectivity index (χ1n) is 12.0. The van der Waals surface area contributed by atoms with E-state index in [4.69, 9.17) is 10.5 Å². The second-order valence-corrected chi connectivity index (χ2v) is 11.2. The smallest absolute Gasteiger partial charge is 0.129 e. The minimum Gasteiger partial charge on any atom is -0.370 e. The van der Waals surface area contributed by atoms with Gasteiger partial charge in [0.1, 0.15) is 11.9 Å². The lowest BCUT2D eigenvalue weighted by Crippen LogP contribution is -2.49. The minimum atomic E-state index is -0.363. The lowest BCUT2D eigenvalue weighted by Gasteiger charge is -2.39. The maximum absolute atomic E-state index is 14.4. The molecule has 1 fully saturated rings. The first-order chi connectivity index (χ1) is 15.9. The van der Waals surface area contributed by atoms with E-state index in [1.54, 1.807) is 17.2 Å². The Balaban J connectivity index is 1.14. The average molecular weight is 468 g/mol. The Bertz CT molecular complexity index is 1020. The van der Waals surface area contributed by atoms with E-state index < -0.39 is 0 Å². The van der Waals surface area contributed by atoms with Gasteiger partial charge in [-0.3, -0.25) is 4.90 Å². The average Bonchev–Trinajstić information content (AvgIpc) is 3.35. The van der Waals surface area contributed by atoms with E-state index in [1.165, 1.54) is 16.5 Å². The third kappa shape index (κ3) is 4.91. The SMILES string of the molecule is Cc1ccc(F)c([C@H]2OCC(N3CC4=C(CN(Sc5ccc(C(C)C)cc5)C4)C3)CC2N)c1. The van der Waals surface area contributed by atoms with E-state index in [9.17, 15) is 4.39 Å². The minimum absolute atomic E-state index is 0.198. The van der Waals surface area contributed by atoms with E-state index in [0.29, 0.717) is 24.1 Å². The zero-order valence-corrected chi connectivity index (χ0v) is 20.6. The largest absolute Gasteiger partial charge is 0.370 e. The van der Waals surface area contributed by atoms with Crippen LogP contribution in [-0.4, -0.2) is 54.1 Å². The zero-order chi connectivity index (χ0) is 23.1. The normalized spacial score (nSPS) is 26.4. The third-order valence-electron chi connectivity index (χ3n) is 7.18. The highest BCUT2D eigenvalue weighted by Crippen LogP contribution is 2.37. The van der Waals surface area contributed by atoms with E-state index >= 15 is 0 Å². The molecule has 2 N–H and O–H groups in total. The molecule has 0 bridgehead atoms. The number of nitrogens with zero attached hydrogens (tertiary/aromatic N) is 2. The maximum atomic E-state index is 14.4. The van der Waals surface area contributed by atoms with Crippen molar-refractivity contribution in [2.24, 2.45) is 5.73 Å². The molecule has 2 aromatic rings. The predicted octanol–water partition coefficient (Wildman–Crippen LogP) is 5.05. The van der Waals surface area contributed by atoms with E-state index in [0.717, 1.165) is 38.2 Å². The molecule has 0 amide bonds. The second-order valence-electron chi connectivity index (χ2n) is 10.1. The number of aryl methyl sites for hydroxylation is 1. The number of halogens is 1. The highest BCUT2D eigenvalue weighted by atomic mass is 32.2. The first-order valence-corrected chi connectivity index (χ1v) is 12.7. The van der Waals surface area contributed by atoms with Crippen LogP contribution >= 0.6 is 11.9 Å². The lowest BCUT2D eigenvalue weighted by molar-refractivity contribution is -0.0466. The number of rotatable bonds is 5. The molecule has 2 aromatic carbocycles. The fourth-order valence-corrected chi connectivity index (χ4v) is 6.26. The van der Waals surface area contributed by atoms with Gasteiger partial charge in [0.05, 0.1) is 6.61 Å². The molecule has 3 aliphatic heterocycles. The van der Waals surface area contributed by atoms with Gasteiger partial charge in [-0.2, -0.15) is 0 Å². The van der Waals surface area contributed by atoms with Crippen molar-refractivity contribution >= 4 is 11.9 Å². The van der Waals surface area contributed by atoms with Gasteiger partial charge in [0.15, 0.2) is 0 Å². The predicted molar refractivity (Wildman–Crippen MR) is 133 cm³/mol. The van der Waals surface area contributed by atoms with Crippen molar-refractivity contribution in [3.8, 4) is 0 Å². The summed E-state index contributed by atoms with van der Waals surface area (Å²) in [5.41, 5.74) is 12.6. The molecule has 0 spiro atoms. The molecule has 6 heteroatoms. The molecule has 3 aliphatic rings. The fraction of sp³-hybridized carbons (Fsp3) is 0.481. The number of ether oxygens (including phenoxy) is 1. The maximum Gasteiger partial charge on any atom is 0.129 e. The second kappa shape index (κ2) is 9.51. The fourth-order valence-electron chi connectivity index (χ4n) is 5.26. The van der Waals surface area contributed by atoms with Gasteiger partial charge in [-0.1, -0.05) is 43.7 Å². The van der Waals surface area contributed by atoms with Gasteiger partial charge in [0, 0.05) is 48.7 Å². The van der Waals surface area contributed by atoms with E-state index in [2.05, 4.69) is 47.3 Å². The van der Waals surface area contributed by atoms with Crippen LogP contribution in [0.3, 0.4) is 0 Å². The molecule has 0 radical (unpaired) electrons. The van der Waals surface area contributed by atoms with Crippen LogP contribution in [0.5, 0.6) is 0 Å². The molecule has 33 heavy (non-hydrogen) atoms. The summed E-state index contributed by atoms with van der Waals surface area (Å²) in [6.07, 6.45) is 0.469. The Hall–Kier alpha value is -1.70. The van der Waals surface area contributed by atoms with E-state index in [1.807, 2.05) is 24.9 Å². The van der Waals surface area contributed by atoms with Gasteiger partial charge in [0.2, 0.25) is 0 Å². The summed E-state index contributed by atoms with van der Waals surface area (Å²) in [6.45, 7) is 11.0. The van der Waals surface area contributed by atoms with Crippen LogP contribution in [0.4, 0.5) is 4.39 Å². The van der Waals surface area contributed by atoms with Crippen LogP contribution in [0.15, 0.2) is 58.5 Å². The van der Waals surface area contributed by atoms with Crippen LogP contribution in [0.25, 0.3) is 0 Å². The molecule has 176 valence electrons. The molecule has 2 unspecified atom stereocenters. The van der Waals surface area contributed by atoms with Crippen molar-refractivity contribution < 1.29 is 9.13 Å². The van der Waals surface area contributed by atoms with Gasteiger partial charge < -0.3 is 10.5 Å². The summed E-state index contributed by atoms with van der Waals surface area (Å²) in [5, 5.41) is 0. The number of nitrogens with two attached hydrogens (primary N) is 1. The monoisotopic (exact) mass is 467 g/mol. The van der Waals surface area contributed by atoms with Crippen LogP contribution < -0.4 is 5.73 Å². The Morgan fingerprint density at radius 2 is 1.73 bits per heavy atom. The lowest BCUT2D eigenvalue weighted by atomic mass is 9.92. The van der Waals surface area contributed by atoms with Crippen molar-refractivity contribution in [1.29, 1.82) is 0 Å². The first kappa shape index (κ1) is 23.1. The molecular weight excluding hydrogens is 433 g/mol. The van der Waals surface area contributed by atoms with Crippen molar-refractivity contribution in [2.45, 2.75) is 56.2 Å². The number of benzene rings is 2. The van der Waals surface area contributed by atoms with Gasteiger partial charge in [0.25, 0.3) is 0 Å². The third-order valence-corrected chi connectivity index (χ3v) is 8.18. The molecule has 3 heterocycles. The highest BCUT2D eigenvalue weighted by molar-refractivity contribution is 7.97. The van der Waals surface area contributed by atoms with E-state index in [-0.39, 0.29) is 18.0 Å². The Labute approximate surface area is 201 Å². The Morgan fingerprint density at radius 1 is 1.03 bits per heavy atom.